The molecule has 2 atom stereocenters. The van der Waals surface area contributed by atoms with Crippen molar-refractivity contribution in [3.8, 4) is 0 Å². The van der Waals surface area contributed by atoms with Crippen LogP contribution in [0.2, 0.25) is 0 Å². The summed E-state index contributed by atoms with van der Waals surface area (Å²) in [5.41, 5.74) is 0. The number of esters is 1. The average Bonchev–Trinajstić information content (AvgIpc) is 2.51. The van der Waals surface area contributed by atoms with Crippen LogP contribution in [-0.4, -0.2) is 24.8 Å². The number of aliphatic hydroxyl groups is 1. The van der Waals surface area contributed by atoms with Crippen molar-refractivity contribution < 1.29 is 14.6 Å². The Balaban J connectivity index is 2.35. The van der Waals surface area contributed by atoms with Crippen LogP contribution < -0.4 is 0 Å². The Bertz CT molecular complexity index is 156. The van der Waals surface area contributed by atoms with Crippen molar-refractivity contribution in [3.63, 3.8) is 0 Å². The molecule has 3 nitrogen and oxygen atoms in total. The smallest absolute Gasteiger partial charge is 0.305 e. The molecule has 3 heteroatoms. The Kier molecular flexibility index (Phi) is 3.53. The van der Waals surface area contributed by atoms with E-state index in [0.717, 1.165) is 19.3 Å². The Hall–Kier alpha value is -0.570. The van der Waals surface area contributed by atoms with E-state index in [1.807, 2.05) is 0 Å². The van der Waals surface area contributed by atoms with E-state index in [-0.39, 0.29) is 12.6 Å². The summed E-state index contributed by atoms with van der Waals surface area (Å²) in [5.74, 6) is 0.520. The quantitative estimate of drug-likeness (QED) is 0.645. The number of carbonyl (C=O) groups is 1. The number of hydrogen-bond donors (Lipinski definition) is 1. The topological polar surface area (TPSA) is 46.5 Å². The number of hydrogen-bond acceptors (Lipinski definition) is 3. The number of carbonyl (C=O) groups excluding carboxylic acids is 1. The van der Waals surface area contributed by atoms with Crippen molar-refractivity contribution in [2.24, 2.45) is 11.8 Å². The first-order valence-corrected chi connectivity index (χ1v) is 4.45. The molecule has 0 saturated heterocycles. The minimum absolute atomic E-state index is 0.152. The van der Waals surface area contributed by atoms with Gasteiger partial charge in [-0.1, -0.05) is 6.42 Å². The molecule has 0 aromatic carbocycles. The third kappa shape index (κ3) is 2.21. The largest absolute Gasteiger partial charge is 0.469 e. The predicted molar refractivity (Wildman–Crippen MR) is 44.5 cm³/mol. The molecule has 0 heterocycles. The molecule has 0 spiro atoms. The molecule has 0 aliphatic heterocycles. The second-order valence-electron chi connectivity index (χ2n) is 3.41. The molecule has 0 unspecified atom stereocenters. The maximum atomic E-state index is 10.9. The Morgan fingerprint density at radius 1 is 1.50 bits per heavy atom. The highest BCUT2D eigenvalue weighted by molar-refractivity contribution is 5.69. The molecule has 0 aromatic rings. The van der Waals surface area contributed by atoms with Crippen LogP contribution in [0.1, 0.15) is 25.7 Å². The van der Waals surface area contributed by atoms with Crippen LogP contribution in [0.25, 0.3) is 0 Å². The third-order valence-electron chi connectivity index (χ3n) is 2.71. The SMILES string of the molecule is COC(=O)C[C@H]1CCC[C@@H]1CO. The molecule has 0 amide bonds. The Morgan fingerprint density at radius 3 is 2.75 bits per heavy atom. The van der Waals surface area contributed by atoms with Gasteiger partial charge in [-0.3, -0.25) is 4.79 Å². The molecule has 1 fully saturated rings. The van der Waals surface area contributed by atoms with Gasteiger partial charge in [-0.2, -0.15) is 0 Å². The molecule has 1 N–H and O–H groups in total. The van der Waals surface area contributed by atoms with Crippen molar-refractivity contribution in [1.29, 1.82) is 0 Å². The van der Waals surface area contributed by atoms with Crippen molar-refractivity contribution in [1.82, 2.24) is 0 Å². The van der Waals surface area contributed by atoms with Crippen LogP contribution in [0.5, 0.6) is 0 Å². The van der Waals surface area contributed by atoms with E-state index in [2.05, 4.69) is 4.74 Å². The fraction of sp³-hybridized carbons (Fsp3) is 0.889. The maximum absolute atomic E-state index is 10.9. The zero-order valence-corrected chi connectivity index (χ0v) is 7.45. The van der Waals surface area contributed by atoms with Crippen LogP contribution in [0.3, 0.4) is 0 Å². The van der Waals surface area contributed by atoms with E-state index < -0.39 is 0 Å². The van der Waals surface area contributed by atoms with E-state index in [1.54, 1.807) is 0 Å². The zero-order valence-electron chi connectivity index (χ0n) is 7.45. The second kappa shape index (κ2) is 4.45. The van der Waals surface area contributed by atoms with Gasteiger partial charge in [-0.05, 0) is 24.7 Å². The third-order valence-corrected chi connectivity index (χ3v) is 2.71. The van der Waals surface area contributed by atoms with Gasteiger partial charge in [0.15, 0.2) is 0 Å². The van der Waals surface area contributed by atoms with E-state index in [0.29, 0.717) is 18.3 Å². The molecule has 1 rings (SSSR count). The minimum atomic E-state index is -0.152. The highest BCUT2D eigenvalue weighted by Gasteiger charge is 2.28. The molecular formula is C9H16O3. The Labute approximate surface area is 72.7 Å². The molecule has 0 radical (unpaired) electrons. The van der Waals surface area contributed by atoms with Gasteiger partial charge in [0.25, 0.3) is 0 Å². The molecule has 70 valence electrons. The van der Waals surface area contributed by atoms with Crippen molar-refractivity contribution >= 4 is 5.97 Å². The zero-order chi connectivity index (χ0) is 8.97. The molecule has 1 aliphatic carbocycles. The number of aliphatic hydroxyl groups excluding tert-OH is 1. The monoisotopic (exact) mass is 172 g/mol. The summed E-state index contributed by atoms with van der Waals surface area (Å²) in [7, 11) is 1.41. The lowest BCUT2D eigenvalue weighted by Crippen LogP contribution is -2.16. The van der Waals surface area contributed by atoms with Crippen molar-refractivity contribution in [2.45, 2.75) is 25.7 Å². The standard InChI is InChI=1S/C9H16O3/c1-12-9(11)5-7-3-2-4-8(7)6-10/h7-8,10H,2-6H2,1H3/t7-,8-/m1/s1. The molecule has 0 aromatic heterocycles. The van der Waals surface area contributed by atoms with Crippen LogP contribution in [0, 0.1) is 11.8 Å². The number of methoxy groups -OCH3 is 1. The van der Waals surface area contributed by atoms with Crippen LogP contribution in [0.4, 0.5) is 0 Å². The fourth-order valence-electron chi connectivity index (χ4n) is 1.92. The first kappa shape index (κ1) is 9.52. The summed E-state index contributed by atoms with van der Waals surface area (Å²) in [4.78, 5) is 10.9. The van der Waals surface area contributed by atoms with Gasteiger partial charge >= 0.3 is 5.97 Å². The van der Waals surface area contributed by atoms with Crippen LogP contribution in [0.15, 0.2) is 0 Å². The van der Waals surface area contributed by atoms with Gasteiger partial charge in [0.05, 0.1) is 7.11 Å². The summed E-state index contributed by atoms with van der Waals surface area (Å²) in [6.45, 7) is 0.210. The predicted octanol–water partition coefficient (Wildman–Crippen LogP) is 0.958. The number of rotatable bonds is 3. The van der Waals surface area contributed by atoms with E-state index in [9.17, 15) is 4.79 Å². The Morgan fingerprint density at radius 2 is 2.17 bits per heavy atom. The normalized spacial score (nSPS) is 28.8. The van der Waals surface area contributed by atoms with Gasteiger partial charge < -0.3 is 9.84 Å². The summed E-state index contributed by atoms with van der Waals surface area (Å²) in [6.07, 6.45) is 3.72. The lowest BCUT2D eigenvalue weighted by molar-refractivity contribution is -0.142. The molecule has 1 aliphatic rings. The fourth-order valence-corrected chi connectivity index (χ4v) is 1.92. The highest BCUT2D eigenvalue weighted by atomic mass is 16.5. The average molecular weight is 172 g/mol. The summed E-state index contributed by atoms with van der Waals surface area (Å²) < 4.78 is 4.58. The van der Waals surface area contributed by atoms with Gasteiger partial charge in [-0.15, -0.1) is 0 Å². The summed E-state index contributed by atoms with van der Waals surface area (Å²) >= 11 is 0. The molecular weight excluding hydrogens is 156 g/mol. The first-order valence-electron chi connectivity index (χ1n) is 4.45. The van der Waals surface area contributed by atoms with Gasteiger partial charge in [0, 0.05) is 13.0 Å². The van der Waals surface area contributed by atoms with Crippen LogP contribution in [-0.2, 0) is 9.53 Å². The van der Waals surface area contributed by atoms with E-state index in [1.165, 1.54) is 7.11 Å². The molecule has 1 saturated carbocycles. The van der Waals surface area contributed by atoms with Gasteiger partial charge in [0.2, 0.25) is 0 Å². The molecule has 12 heavy (non-hydrogen) atoms. The lowest BCUT2D eigenvalue weighted by atomic mass is 9.94. The molecule has 0 bridgehead atoms. The second-order valence-corrected chi connectivity index (χ2v) is 3.41. The van der Waals surface area contributed by atoms with Crippen LogP contribution >= 0.6 is 0 Å². The summed E-state index contributed by atoms with van der Waals surface area (Å²) in [5, 5.41) is 8.97. The van der Waals surface area contributed by atoms with E-state index in [4.69, 9.17) is 5.11 Å². The number of ether oxygens (including phenoxy) is 1. The highest BCUT2D eigenvalue weighted by Crippen LogP contribution is 2.33. The maximum Gasteiger partial charge on any atom is 0.305 e. The summed E-state index contributed by atoms with van der Waals surface area (Å²) in [6, 6.07) is 0. The van der Waals surface area contributed by atoms with Crippen molar-refractivity contribution in [2.75, 3.05) is 13.7 Å². The lowest BCUT2D eigenvalue weighted by Gasteiger charge is -2.15. The first-order chi connectivity index (χ1) is 5.77. The van der Waals surface area contributed by atoms with Gasteiger partial charge in [0.1, 0.15) is 0 Å². The van der Waals surface area contributed by atoms with Gasteiger partial charge in [-0.25, -0.2) is 0 Å². The minimum Gasteiger partial charge on any atom is -0.469 e. The van der Waals surface area contributed by atoms with E-state index >= 15 is 0 Å². The van der Waals surface area contributed by atoms with Crippen molar-refractivity contribution in [3.05, 3.63) is 0 Å².